The van der Waals surface area contributed by atoms with Crippen LogP contribution < -0.4 is 10.6 Å². The molecule has 1 saturated heterocycles. The normalized spacial score (nSPS) is 16.4. The molecule has 0 aliphatic carbocycles. The predicted octanol–water partition coefficient (Wildman–Crippen LogP) is 2.08. The molecule has 3 heterocycles. The van der Waals surface area contributed by atoms with E-state index in [-0.39, 0.29) is 23.4 Å². The van der Waals surface area contributed by atoms with Crippen LogP contribution in [0.2, 0.25) is 0 Å². The molecule has 0 spiro atoms. The van der Waals surface area contributed by atoms with Gasteiger partial charge in [-0.1, -0.05) is 6.58 Å². The van der Waals surface area contributed by atoms with E-state index in [1.54, 1.807) is 17.3 Å². The molecule has 27 heavy (non-hydrogen) atoms. The number of anilines is 1. The van der Waals surface area contributed by atoms with Gasteiger partial charge in [-0.2, -0.15) is 0 Å². The van der Waals surface area contributed by atoms with Gasteiger partial charge in [0.05, 0.1) is 11.8 Å². The molecule has 0 saturated carbocycles. The molecule has 2 aromatic heterocycles. The standard InChI is InChI=1S/C19H26N6O2/c1-5-15(26)25-8-6-19(4,7-9-25)24-14-11-21-17-16(23-14)13(10-20-17)18(27)22-12(2)3/h5,10-12H,1,6-9H2,2-4H3,(H,20,21)(H,22,27)(H,23,24). The number of fused-ring (bicyclic) bond motifs is 1. The van der Waals surface area contributed by atoms with Gasteiger partial charge in [-0.15, -0.1) is 0 Å². The highest BCUT2D eigenvalue weighted by atomic mass is 16.2. The first kappa shape index (κ1) is 18.9. The number of aromatic nitrogens is 3. The lowest BCUT2D eigenvalue weighted by Crippen LogP contribution is -2.48. The second-order valence-corrected chi connectivity index (χ2v) is 7.50. The van der Waals surface area contributed by atoms with Gasteiger partial charge in [0.2, 0.25) is 5.91 Å². The minimum absolute atomic E-state index is 0.0357. The van der Waals surface area contributed by atoms with E-state index in [1.165, 1.54) is 6.08 Å². The molecular formula is C19H26N6O2. The first-order chi connectivity index (χ1) is 12.8. The monoisotopic (exact) mass is 370 g/mol. The molecular weight excluding hydrogens is 344 g/mol. The topological polar surface area (TPSA) is 103 Å². The number of H-pyrrole nitrogens is 1. The Morgan fingerprint density at radius 2 is 2.07 bits per heavy atom. The maximum absolute atomic E-state index is 12.4. The lowest BCUT2D eigenvalue weighted by atomic mass is 9.89. The summed E-state index contributed by atoms with van der Waals surface area (Å²) < 4.78 is 0. The van der Waals surface area contributed by atoms with Crippen LogP contribution in [0.4, 0.5) is 5.82 Å². The minimum Gasteiger partial charge on any atom is -0.363 e. The third-order valence-electron chi connectivity index (χ3n) is 4.83. The van der Waals surface area contributed by atoms with Crippen LogP contribution in [0.25, 0.3) is 11.2 Å². The Hall–Kier alpha value is -2.90. The van der Waals surface area contributed by atoms with Crippen LogP contribution in [0.5, 0.6) is 0 Å². The molecule has 0 radical (unpaired) electrons. The van der Waals surface area contributed by atoms with Gasteiger partial charge in [-0.25, -0.2) is 9.97 Å². The Labute approximate surface area is 158 Å². The molecule has 3 N–H and O–H groups in total. The smallest absolute Gasteiger partial charge is 0.255 e. The van der Waals surface area contributed by atoms with Crippen molar-refractivity contribution >= 4 is 28.8 Å². The SMILES string of the molecule is C=CC(=O)N1CCC(C)(Nc2cnc3[nH]cc(C(=O)NC(C)C)c3n2)CC1. The third kappa shape index (κ3) is 4.10. The van der Waals surface area contributed by atoms with E-state index in [2.05, 4.69) is 39.1 Å². The number of rotatable bonds is 5. The van der Waals surface area contributed by atoms with Gasteiger partial charge in [0.1, 0.15) is 11.3 Å². The number of carbonyl (C=O) groups excluding carboxylic acids is 2. The Morgan fingerprint density at radius 1 is 1.37 bits per heavy atom. The van der Waals surface area contributed by atoms with E-state index in [4.69, 9.17) is 0 Å². The third-order valence-corrected chi connectivity index (χ3v) is 4.83. The van der Waals surface area contributed by atoms with Crippen LogP contribution in [0.15, 0.2) is 25.0 Å². The minimum atomic E-state index is -0.197. The van der Waals surface area contributed by atoms with Gasteiger partial charge in [0, 0.05) is 30.9 Å². The van der Waals surface area contributed by atoms with Crippen LogP contribution in [-0.2, 0) is 4.79 Å². The first-order valence-electron chi connectivity index (χ1n) is 9.16. The van der Waals surface area contributed by atoms with Gasteiger partial charge in [-0.3, -0.25) is 9.59 Å². The van der Waals surface area contributed by atoms with Gasteiger partial charge < -0.3 is 20.5 Å². The molecule has 1 aliphatic rings. The maximum atomic E-state index is 12.4. The Kier molecular flexibility index (Phi) is 5.16. The molecule has 1 fully saturated rings. The number of aromatic amines is 1. The highest BCUT2D eigenvalue weighted by Crippen LogP contribution is 2.27. The molecule has 0 unspecified atom stereocenters. The quantitative estimate of drug-likeness (QED) is 0.699. The van der Waals surface area contributed by atoms with Crippen molar-refractivity contribution in [2.45, 2.75) is 45.2 Å². The van der Waals surface area contributed by atoms with Crippen LogP contribution in [0.1, 0.15) is 44.0 Å². The number of carbonyl (C=O) groups is 2. The molecule has 144 valence electrons. The van der Waals surface area contributed by atoms with Crippen LogP contribution in [-0.4, -0.2) is 56.3 Å². The second kappa shape index (κ2) is 7.38. The van der Waals surface area contributed by atoms with Crippen molar-refractivity contribution in [1.29, 1.82) is 0 Å². The van der Waals surface area contributed by atoms with Crippen molar-refractivity contribution in [3.8, 4) is 0 Å². The summed E-state index contributed by atoms with van der Waals surface area (Å²) in [6, 6.07) is 0.0408. The zero-order chi connectivity index (χ0) is 19.6. The van der Waals surface area contributed by atoms with Crippen molar-refractivity contribution in [1.82, 2.24) is 25.2 Å². The van der Waals surface area contributed by atoms with E-state index in [1.807, 2.05) is 13.8 Å². The van der Waals surface area contributed by atoms with Crippen molar-refractivity contribution in [3.05, 3.63) is 30.6 Å². The molecule has 0 bridgehead atoms. The average Bonchev–Trinajstić information content (AvgIpc) is 3.04. The number of nitrogens with one attached hydrogen (secondary N) is 3. The fraction of sp³-hybridized carbons (Fsp3) is 0.474. The van der Waals surface area contributed by atoms with Gasteiger partial charge >= 0.3 is 0 Å². The van der Waals surface area contributed by atoms with Crippen molar-refractivity contribution < 1.29 is 9.59 Å². The van der Waals surface area contributed by atoms with Crippen LogP contribution in [0, 0.1) is 0 Å². The summed E-state index contributed by atoms with van der Waals surface area (Å²) in [4.78, 5) is 37.9. The largest absolute Gasteiger partial charge is 0.363 e. The molecule has 2 aromatic rings. The van der Waals surface area contributed by atoms with Crippen molar-refractivity contribution in [2.75, 3.05) is 18.4 Å². The number of piperidine rings is 1. The summed E-state index contributed by atoms with van der Waals surface area (Å²) >= 11 is 0. The van der Waals surface area contributed by atoms with Crippen molar-refractivity contribution in [2.24, 2.45) is 0 Å². The van der Waals surface area contributed by atoms with E-state index in [9.17, 15) is 9.59 Å². The second-order valence-electron chi connectivity index (χ2n) is 7.50. The molecule has 1 aliphatic heterocycles. The number of hydrogen-bond acceptors (Lipinski definition) is 5. The molecule has 0 aromatic carbocycles. The Morgan fingerprint density at radius 3 is 2.70 bits per heavy atom. The van der Waals surface area contributed by atoms with E-state index in [0.29, 0.717) is 35.6 Å². The Balaban J connectivity index is 1.76. The fourth-order valence-electron chi connectivity index (χ4n) is 3.25. The molecule has 8 heteroatoms. The summed E-state index contributed by atoms with van der Waals surface area (Å²) in [6.07, 6.45) is 6.23. The summed E-state index contributed by atoms with van der Waals surface area (Å²) in [7, 11) is 0. The predicted molar refractivity (Wildman–Crippen MR) is 105 cm³/mol. The van der Waals surface area contributed by atoms with Crippen LogP contribution in [0.3, 0.4) is 0 Å². The highest BCUT2D eigenvalue weighted by molar-refractivity contribution is 6.04. The average molecular weight is 370 g/mol. The summed E-state index contributed by atoms with van der Waals surface area (Å²) in [5.74, 6) is 0.406. The number of hydrogen-bond donors (Lipinski definition) is 3. The van der Waals surface area contributed by atoms with Crippen molar-refractivity contribution in [3.63, 3.8) is 0 Å². The zero-order valence-corrected chi connectivity index (χ0v) is 16.0. The summed E-state index contributed by atoms with van der Waals surface area (Å²) in [5.41, 5.74) is 1.40. The number of nitrogens with zero attached hydrogens (tertiary/aromatic N) is 3. The fourth-order valence-corrected chi connectivity index (χ4v) is 3.25. The molecule has 2 amide bonds. The maximum Gasteiger partial charge on any atom is 0.255 e. The lowest BCUT2D eigenvalue weighted by Gasteiger charge is -2.39. The Bertz CT molecular complexity index is 864. The van der Waals surface area contributed by atoms with Gasteiger partial charge in [-0.05, 0) is 39.7 Å². The molecule has 0 atom stereocenters. The van der Waals surface area contributed by atoms with Gasteiger partial charge in [0.15, 0.2) is 5.65 Å². The van der Waals surface area contributed by atoms with Crippen LogP contribution >= 0.6 is 0 Å². The van der Waals surface area contributed by atoms with Gasteiger partial charge in [0.25, 0.3) is 5.91 Å². The van der Waals surface area contributed by atoms with E-state index >= 15 is 0 Å². The van der Waals surface area contributed by atoms with E-state index in [0.717, 1.165) is 12.8 Å². The number of amides is 2. The number of likely N-dealkylation sites (tertiary alicyclic amines) is 1. The van der Waals surface area contributed by atoms with E-state index < -0.39 is 0 Å². The first-order valence-corrected chi connectivity index (χ1v) is 9.16. The highest BCUT2D eigenvalue weighted by Gasteiger charge is 2.31. The molecule has 8 nitrogen and oxygen atoms in total. The summed E-state index contributed by atoms with van der Waals surface area (Å²) in [5, 5.41) is 6.31. The molecule has 3 rings (SSSR count). The summed E-state index contributed by atoms with van der Waals surface area (Å²) in [6.45, 7) is 10.8. The lowest BCUT2D eigenvalue weighted by molar-refractivity contribution is -0.127. The zero-order valence-electron chi connectivity index (χ0n) is 16.0.